The number of hydrogen-bond donors (Lipinski definition) is 0. The Morgan fingerprint density at radius 3 is 3.00 bits per heavy atom. The maximum absolute atomic E-state index is 5.41. The maximum Gasteiger partial charge on any atom is 0.231 e. The van der Waals surface area contributed by atoms with Gasteiger partial charge in [0.15, 0.2) is 11.5 Å². The highest BCUT2D eigenvalue weighted by atomic mass is 16.7. The van der Waals surface area contributed by atoms with Crippen molar-refractivity contribution in [1.29, 1.82) is 0 Å². The van der Waals surface area contributed by atoms with Gasteiger partial charge in [-0.25, -0.2) is 9.97 Å². The standard InChI is InChI=1S/C16H16N4O2/c1-2-16-17-5-6-19(16)8-12-9-20(10-18-12)13-3-4-14-15(7-13)22-11-21-14/h3-7,9-10H,2,8,11H2,1H3. The van der Waals surface area contributed by atoms with Crippen molar-refractivity contribution < 1.29 is 9.47 Å². The molecular formula is C16H16N4O2. The van der Waals surface area contributed by atoms with Gasteiger partial charge in [0.1, 0.15) is 5.82 Å². The van der Waals surface area contributed by atoms with Gasteiger partial charge in [-0.1, -0.05) is 6.92 Å². The summed E-state index contributed by atoms with van der Waals surface area (Å²) in [5.41, 5.74) is 2.00. The Labute approximate surface area is 128 Å². The molecule has 0 atom stereocenters. The molecule has 1 aromatic carbocycles. The lowest BCUT2D eigenvalue weighted by Gasteiger charge is -2.04. The van der Waals surface area contributed by atoms with Crippen molar-refractivity contribution in [1.82, 2.24) is 19.1 Å². The highest BCUT2D eigenvalue weighted by Crippen LogP contribution is 2.33. The van der Waals surface area contributed by atoms with Crippen LogP contribution in [-0.4, -0.2) is 25.9 Å². The number of ether oxygens (including phenoxy) is 2. The zero-order valence-corrected chi connectivity index (χ0v) is 12.3. The summed E-state index contributed by atoms with van der Waals surface area (Å²) in [6, 6.07) is 5.87. The minimum absolute atomic E-state index is 0.286. The number of aromatic nitrogens is 4. The molecule has 112 valence electrons. The van der Waals surface area contributed by atoms with Crippen LogP contribution in [0.3, 0.4) is 0 Å². The SMILES string of the molecule is CCc1nccn1Cc1cn(-c2ccc3c(c2)OCO3)cn1. The first kappa shape index (κ1) is 12.9. The molecule has 3 aromatic rings. The van der Waals surface area contributed by atoms with E-state index in [-0.39, 0.29) is 6.79 Å². The molecule has 0 unspecified atom stereocenters. The summed E-state index contributed by atoms with van der Waals surface area (Å²) in [5, 5.41) is 0. The summed E-state index contributed by atoms with van der Waals surface area (Å²) in [5.74, 6) is 2.63. The number of hydrogen-bond acceptors (Lipinski definition) is 4. The lowest BCUT2D eigenvalue weighted by Crippen LogP contribution is -2.03. The van der Waals surface area contributed by atoms with Crippen LogP contribution in [0.5, 0.6) is 11.5 Å². The molecule has 6 heteroatoms. The summed E-state index contributed by atoms with van der Waals surface area (Å²) in [6.45, 7) is 3.11. The third-order valence-electron chi connectivity index (χ3n) is 3.74. The number of imidazole rings is 2. The fraction of sp³-hybridized carbons (Fsp3) is 0.250. The van der Waals surface area contributed by atoms with Crippen molar-refractivity contribution in [3.8, 4) is 17.2 Å². The fourth-order valence-corrected chi connectivity index (χ4v) is 2.61. The van der Waals surface area contributed by atoms with Crippen LogP contribution in [0, 0.1) is 0 Å². The first-order chi connectivity index (χ1) is 10.8. The Bertz CT molecular complexity index is 806. The Balaban J connectivity index is 1.59. The Morgan fingerprint density at radius 2 is 2.09 bits per heavy atom. The molecule has 0 saturated carbocycles. The first-order valence-electron chi connectivity index (χ1n) is 7.26. The van der Waals surface area contributed by atoms with Crippen LogP contribution >= 0.6 is 0 Å². The average Bonchev–Trinajstić information content (AvgIpc) is 3.27. The largest absolute Gasteiger partial charge is 0.454 e. The molecular weight excluding hydrogens is 280 g/mol. The van der Waals surface area contributed by atoms with Crippen LogP contribution in [0.25, 0.3) is 5.69 Å². The van der Waals surface area contributed by atoms with E-state index in [9.17, 15) is 0 Å². The molecule has 0 radical (unpaired) electrons. The summed E-state index contributed by atoms with van der Waals surface area (Å²) in [6.07, 6.45) is 8.56. The highest BCUT2D eigenvalue weighted by molar-refractivity contribution is 5.50. The van der Waals surface area contributed by atoms with Crippen LogP contribution in [0.2, 0.25) is 0 Å². The third kappa shape index (κ3) is 2.22. The van der Waals surface area contributed by atoms with Gasteiger partial charge in [-0.15, -0.1) is 0 Å². The summed E-state index contributed by atoms with van der Waals surface area (Å²) in [7, 11) is 0. The lowest BCUT2D eigenvalue weighted by molar-refractivity contribution is 0.174. The summed E-state index contributed by atoms with van der Waals surface area (Å²) in [4.78, 5) is 8.81. The van der Waals surface area contributed by atoms with Crippen LogP contribution in [0.15, 0.2) is 43.1 Å². The van der Waals surface area contributed by atoms with E-state index in [1.807, 2.05) is 47.7 Å². The molecule has 0 fully saturated rings. The molecule has 0 amide bonds. The molecule has 4 rings (SSSR count). The molecule has 2 aromatic heterocycles. The van der Waals surface area contributed by atoms with E-state index in [1.165, 1.54) is 0 Å². The minimum Gasteiger partial charge on any atom is -0.454 e. The molecule has 0 saturated heterocycles. The second kappa shape index (κ2) is 5.22. The summed E-state index contributed by atoms with van der Waals surface area (Å²) >= 11 is 0. The predicted octanol–water partition coefficient (Wildman–Crippen LogP) is 2.41. The van der Waals surface area contributed by atoms with Crippen LogP contribution in [0.1, 0.15) is 18.4 Å². The van der Waals surface area contributed by atoms with Gasteiger partial charge in [-0.3, -0.25) is 0 Å². The molecule has 0 N–H and O–H groups in total. The Hall–Kier alpha value is -2.76. The zero-order valence-electron chi connectivity index (χ0n) is 12.3. The lowest BCUT2D eigenvalue weighted by atomic mass is 10.3. The van der Waals surface area contributed by atoms with E-state index in [0.29, 0.717) is 0 Å². The Kier molecular flexibility index (Phi) is 3.07. The number of benzene rings is 1. The van der Waals surface area contributed by atoms with Crippen molar-refractivity contribution >= 4 is 0 Å². The molecule has 0 spiro atoms. The van der Waals surface area contributed by atoms with Gasteiger partial charge in [0.25, 0.3) is 0 Å². The second-order valence-corrected chi connectivity index (χ2v) is 5.13. The van der Waals surface area contributed by atoms with Gasteiger partial charge in [-0.2, -0.15) is 0 Å². The van der Waals surface area contributed by atoms with Gasteiger partial charge in [0.2, 0.25) is 6.79 Å². The Morgan fingerprint density at radius 1 is 1.18 bits per heavy atom. The normalized spacial score (nSPS) is 12.8. The van der Waals surface area contributed by atoms with E-state index in [4.69, 9.17) is 9.47 Å². The molecule has 1 aliphatic rings. The highest BCUT2D eigenvalue weighted by Gasteiger charge is 2.14. The van der Waals surface area contributed by atoms with E-state index < -0.39 is 0 Å². The van der Waals surface area contributed by atoms with Crippen molar-refractivity contribution in [2.75, 3.05) is 6.79 Å². The molecule has 0 aliphatic carbocycles. The van der Waals surface area contributed by atoms with Crippen molar-refractivity contribution in [2.24, 2.45) is 0 Å². The predicted molar refractivity (Wildman–Crippen MR) is 80.4 cm³/mol. The van der Waals surface area contributed by atoms with Crippen LogP contribution in [0.4, 0.5) is 0 Å². The van der Waals surface area contributed by atoms with Crippen molar-refractivity contribution in [2.45, 2.75) is 19.9 Å². The van der Waals surface area contributed by atoms with Crippen LogP contribution in [-0.2, 0) is 13.0 Å². The van der Waals surface area contributed by atoms with Gasteiger partial charge in [-0.05, 0) is 12.1 Å². The molecule has 0 bridgehead atoms. The van der Waals surface area contributed by atoms with Crippen molar-refractivity contribution in [3.05, 3.63) is 54.6 Å². The van der Waals surface area contributed by atoms with Gasteiger partial charge in [0.05, 0.1) is 24.3 Å². The number of aryl methyl sites for hydroxylation is 1. The molecule has 22 heavy (non-hydrogen) atoms. The zero-order chi connectivity index (χ0) is 14.9. The first-order valence-corrected chi connectivity index (χ1v) is 7.26. The monoisotopic (exact) mass is 296 g/mol. The quantitative estimate of drug-likeness (QED) is 0.742. The second-order valence-electron chi connectivity index (χ2n) is 5.13. The van der Waals surface area contributed by atoms with Gasteiger partial charge in [0, 0.05) is 31.1 Å². The molecule has 1 aliphatic heterocycles. The topological polar surface area (TPSA) is 54.1 Å². The number of rotatable bonds is 4. The number of nitrogens with zero attached hydrogens (tertiary/aromatic N) is 4. The summed E-state index contributed by atoms with van der Waals surface area (Å²) < 4.78 is 14.9. The van der Waals surface area contributed by atoms with E-state index in [0.717, 1.165) is 41.7 Å². The maximum atomic E-state index is 5.41. The van der Waals surface area contributed by atoms with Gasteiger partial charge < -0.3 is 18.6 Å². The molecule has 3 heterocycles. The minimum atomic E-state index is 0.286. The van der Waals surface area contributed by atoms with Crippen molar-refractivity contribution in [3.63, 3.8) is 0 Å². The third-order valence-corrected chi connectivity index (χ3v) is 3.74. The van der Waals surface area contributed by atoms with Gasteiger partial charge >= 0.3 is 0 Å². The number of fused-ring (bicyclic) bond motifs is 1. The smallest absolute Gasteiger partial charge is 0.231 e. The average molecular weight is 296 g/mol. The fourth-order valence-electron chi connectivity index (χ4n) is 2.61. The van der Waals surface area contributed by atoms with E-state index in [1.54, 1.807) is 0 Å². The van der Waals surface area contributed by atoms with Crippen LogP contribution < -0.4 is 9.47 Å². The van der Waals surface area contributed by atoms with E-state index >= 15 is 0 Å². The van der Waals surface area contributed by atoms with E-state index in [2.05, 4.69) is 21.5 Å². The molecule has 6 nitrogen and oxygen atoms in total.